The minimum Gasteiger partial charge on any atom is -0.314 e. The van der Waals surface area contributed by atoms with E-state index in [0.717, 1.165) is 18.7 Å². The zero-order valence-corrected chi connectivity index (χ0v) is 9.71. The zero-order valence-electron chi connectivity index (χ0n) is 9.71. The molecule has 0 spiro atoms. The molecule has 0 aliphatic carbocycles. The molecule has 0 saturated carbocycles. The number of benzene rings is 1. The zero-order chi connectivity index (χ0) is 11.5. The smallest absolute Gasteiger partial charge is 0.138 e. The Balaban J connectivity index is 1.88. The molecular formula is C13H16N4. The van der Waals surface area contributed by atoms with E-state index in [1.807, 2.05) is 10.7 Å². The van der Waals surface area contributed by atoms with Crippen molar-refractivity contribution >= 4 is 0 Å². The maximum atomic E-state index is 4.21. The van der Waals surface area contributed by atoms with Crippen molar-refractivity contribution in [3.63, 3.8) is 0 Å². The Morgan fingerprint density at radius 1 is 1.35 bits per heavy atom. The van der Waals surface area contributed by atoms with Gasteiger partial charge in [0.1, 0.15) is 12.7 Å². The summed E-state index contributed by atoms with van der Waals surface area (Å²) in [6.45, 7) is 1.15. The van der Waals surface area contributed by atoms with Gasteiger partial charge in [0.2, 0.25) is 0 Å². The second-order valence-corrected chi connectivity index (χ2v) is 4.47. The van der Waals surface area contributed by atoms with E-state index in [2.05, 4.69) is 33.6 Å². The second-order valence-electron chi connectivity index (χ2n) is 4.47. The number of nitrogens with zero attached hydrogens (tertiary/aromatic N) is 3. The van der Waals surface area contributed by atoms with Crippen LogP contribution in [0.15, 0.2) is 36.9 Å². The lowest BCUT2D eigenvalue weighted by molar-refractivity contribution is 0.600. The van der Waals surface area contributed by atoms with Crippen LogP contribution in [0, 0.1) is 0 Å². The molecule has 0 bridgehead atoms. The van der Waals surface area contributed by atoms with Gasteiger partial charge in [0.15, 0.2) is 0 Å². The van der Waals surface area contributed by atoms with Crippen LogP contribution in [-0.2, 0) is 6.42 Å². The molecule has 1 atom stereocenters. The van der Waals surface area contributed by atoms with Gasteiger partial charge in [0.25, 0.3) is 0 Å². The summed E-state index contributed by atoms with van der Waals surface area (Å²) in [5.41, 5.74) is 2.47. The molecule has 0 radical (unpaired) electrons. The Kier molecular flexibility index (Phi) is 2.88. The fourth-order valence-corrected chi connectivity index (χ4v) is 2.44. The summed E-state index contributed by atoms with van der Waals surface area (Å²) in [6, 6.07) is 9.02. The summed E-state index contributed by atoms with van der Waals surface area (Å²) in [4.78, 5) is 4.01. The van der Waals surface area contributed by atoms with Gasteiger partial charge in [-0.1, -0.05) is 18.2 Å². The Morgan fingerprint density at radius 3 is 3.06 bits per heavy atom. The Bertz CT molecular complexity index is 472. The van der Waals surface area contributed by atoms with Crippen molar-refractivity contribution in [3.8, 4) is 5.69 Å². The van der Waals surface area contributed by atoms with Crippen molar-refractivity contribution in [2.45, 2.75) is 25.3 Å². The van der Waals surface area contributed by atoms with Crippen LogP contribution in [0.5, 0.6) is 0 Å². The fraction of sp³-hybridized carbons (Fsp3) is 0.385. The van der Waals surface area contributed by atoms with E-state index in [-0.39, 0.29) is 0 Å². The molecule has 1 fully saturated rings. The predicted octanol–water partition coefficient (Wildman–Crippen LogP) is 1.56. The van der Waals surface area contributed by atoms with Gasteiger partial charge in [0, 0.05) is 6.04 Å². The Labute approximate surface area is 101 Å². The molecule has 1 aliphatic heterocycles. The molecule has 88 valence electrons. The van der Waals surface area contributed by atoms with Crippen LogP contribution in [0.4, 0.5) is 0 Å². The van der Waals surface area contributed by atoms with E-state index in [0.29, 0.717) is 6.04 Å². The standard InChI is InChI=1S/C13H16N4/c1-2-6-13(17-10-14-9-16-17)11(4-1)8-12-5-3-7-15-12/h1-2,4,6,9-10,12,15H,3,5,7-8H2. The third-order valence-electron chi connectivity index (χ3n) is 3.29. The lowest BCUT2D eigenvalue weighted by atomic mass is 10.0. The first-order valence-corrected chi connectivity index (χ1v) is 6.10. The third kappa shape index (κ3) is 2.22. The van der Waals surface area contributed by atoms with Gasteiger partial charge in [-0.2, -0.15) is 5.10 Å². The monoisotopic (exact) mass is 228 g/mol. The lowest BCUT2D eigenvalue weighted by Crippen LogP contribution is -2.24. The van der Waals surface area contributed by atoms with Gasteiger partial charge < -0.3 is 5.32 Å². The molecular weight excluding hydrogens is 212 g/mol. The molecule has 1 aromatic carbocycles. The van der Waals surface area contributed by atoms with Crippen LogP contribution < -0.4 is 5.32 Å². The van der Waals surface area contributed by atoms with Crippen LogP contribution in [0.25, 0.3) is 5.69 Å². The van der Waals surface area contributed by atoms with Crippen molar-refractivity contribution in [1.82, 2.24) is 20.1 Å². The maximum absolute atomic E-state index is 4.21. The number of rotatable bonds is 3. The lowest BCUT2D eigenvalue weighted by Gasteiger charge is -2.13. The highest BCUT2D eigenvalue weighted by Gasteiger charge is 2.16. The predicted molar refractivity (Wildman–Crippen MR) is 66.1 cm³/mol. The maximum Gasteiger partial charge on any atom is 0.138 e. The van der Waals surface area contributed by atoms with E-state index < -0.39 is 0 Å². The summed E-state index contributed by atoms with van der Waals surface area (Å²) >= 11 is 0. The second kappa shape index (κ2) is 4.67. The normalized spacial score (nSPS) is 19.6. The van der Waals surface area contributed by atoms with Gasteiger partial charge in [-0.05, 0) is 37.4 Å². The average Bonchev–Trinajstić information content (AvgIpc) is 3.01. The van der Waals surface area contributed by atoms with Crippen LogP contribution in [0.1, 0.15) is 18.4 Å². The van der Waals surface area contributed by atoms with Crippen molar-refractivity contribution in [1.29, 1.82) is 0 Å². The molecule has 4 nitrogen and oxygen atoms in total. The van der Waals surface area contributed by atoms with Gasteiger partial charge in [-0.15, -0.1) is 0 Å². The molecule has 0 amide bonds. The molecule has 1 aliphatic rings. The molecule has 3 rings (SSSR count). The highest BCUT2D eigenvalue weighted by Crippen LogP contribution is 2.18. The summed E-state index contributed by atoms with van der Waals surface area (Å²) in [5.74, 6) is 0. The van der Waals surface area contributed by atoms with Gasteiger partial charge in [-0.25, -0.2) is 9.67 Å². The van der Waals surface area contributed by atoms with Crippen LogP contribution in [0.3, 0.4) is 0 Å². The van der Waals surface area contributed by atoms with Crippen molar-refractivity contribution in [3.05, 3.63) is 42.5 Å². The minimum atomic E-state index is 0.611. The van der Waals surface area contributed by atoms with E-state index in [9.17, 15) is 0 Å². The van der Waals surface area contributed by atoms with Crippen molar-refractivity contribution < 1.29 is 0 Å². The Hall–Kier alpha value is -1.68. The number of nitrogens with one attached hydrogen (secondary N) is 1. The molecule has 1 saturated heterocycles. The quantitative estimate of drug-likeness (QED) is 0.867. The molecule has 1 unspecified atom stereocenters. The summed E-state index contributed by atoms with van der Waals surface area (Å²) < 4.78 is 1.84. The first-order chi connectivity index (χ1) is 8.43. The SMILES string of the molecule is c1ccc(-n2cncn2)c(CC2CCCN2)c1. The molecule has 2 aromatic rings. The van der Waals surface area contributed by atoms with Crippen LogP contribution >= 0.6 is 0 Å². The molecule has 1 aromatic heterocycles. The van der Waals surface area contributed by atoms with Gasteiger partial charge in [0.05, 0.1) is 5.69 Å². The number of aromatic nitrogens is 3. The topological polar surface area (TPSA) is 42.7 Å². The molecule has 1 N–H and O–H groups in total. The van der Waals surface area contributed by atoms with Crippen molar-refractivity contribution in [2.75, 3.05) is 6.54 Å². The van der Waals surface area contributed by atoms with E-state index in [1.165, 1.54) is 18.4 Å². The molecule has 4 heteroatoms. The van der Waals surface area contributed by atoms with Crippen molar-refractivity contribution in [2.24, 2.45) is 0 Å². The summed E-state index contributed by atoms with van der Waals surface area (Å²) in [7, 11) is 0. The minimum absolute atomic E-state index is 0.611. The van der Waals surface area contributed by atoms with E-state index in [4.69, 9.17) is 0 Å². The first kappa shape index (κ1) is 10.5. The van der Waals surface area contributed by atoms with Crippen LogP contribution in [0.2, 0.25) is 0 Å². The fourth-order valence-electron chi connectivity index (χ4n) is 2.44. The average molecular weight is 228 g/mol. The van der Waals surface area contributed by atoms with E-state index >= 15 is 0 Å². The van der Waals surface area contributed by atoms with E-state index in [1.54, 1.807) is 12.7 Å². The first-order valence-electron chi connectivity index (χ1n) is 6.10. The summed E-state index contributed by atoms with van der Waals surface area (Å²) in [6.07, 6.45) is 6.95. The highest BCUT2D eigenvalue weighted by molar-refractivity contribution is 5.40. The van der Waals surface area contributed by atoms with Gasteiger partial charge in [-0.3, -0.25) is 0 Å². The highest BCUT2D eigenvalue weighted by atomic mass is 15.3. The third-order valence-corrected chi connectivity index (χ3v) is 3.29. The van der Waals surface area contributed by atoms with Crippen LogP contribution in [-0.4, -0.2) is 27.4 Å². The summed E-state index contributed by atoms with van der Waals surface area (Å²) in [5, 5.41) is 7.74. The van der Waals surface area contributed by atoms with Gasteiger partial charge >= 0.3 is 0 Å². The molecule has 17 heavy (non-hydrogen) atoms. The Morgan fingerprint density at radius 2 is 2.29 bits per heavy atom. The molecule has 2 heterocycles. The number of hydrogen-bond donors (Lipinski definition) is 1. The number of hydrogen-bond acceptors (Lipinski definition) is 3. The number of para-hydroxylation sites is 1. The largest absolute Gasteiger partial charge is 0.314 e.